The zero-order valence-electron chi connectivity index (χ0n) is 26.3. The van der Waals surface area contributed by atoms with Crippen molar-refractivity contribution in [2.75, 3.05) is 24.5 Å². The van der Waals surface area contributed by atoms with Crippen LogP contribution in [0, 0.1) is 12.7 Å². The van der Waals surface area contributed by atoms with E-state index in [2.05, 4.69) is 9.97 Å². The molecule has 0 aliphatic carbocycles. The Kier molecular flexibility index (Phi) is 8.44. The van der Waals surface area contributed by atoms with Gasteiger partial charge in [0, 0.05) is 37.4 Å². The fraction of sp³-hybridized carbons (Fsp3) is 0.424. The monoisotopic (exact) mass is 602 g/mol. The van der Waals surface area contributed by atoms with Crippen molar-refractivity contribution in [3.05, 3.63) is 75.7 Å². The van der Waals surface area contributed by atoms with E-state index in [0.29, 0.717) is 53.3 Å². The summed E-state index contributed by atoms with van der Waals surface area (Å²) in [5.41, 5.74) is 2.01. The largest absolute Gasteiger partial charge is 0.444 e. The van der Waals surface area contributed by atoms with Crippen molar-refractivity contribution in [2.24, 2.45) is 0 Å². The second-order valence-electron chi connectivity index (χ2n) is 12.5. The van der Waals surface area contributed by atoms with Gasteiger partial charge < -0.3 is 19.6 Å². The third-order valence-corrected chi connectivity index (χ3v) is 7.72. The average molecular weight is 603 g/mol. The SMILES string of the molecule is Cc1ccnc(C(C)C)c1-n1c(=O)nc(N2CCN(C(=O)OC(C)(C)C)C[C@@H]2C)c2cc(F)c(-c3ccccc3CO)nc21. The van der Waals surface area contributed by atoms with Gasteiger partial charge >= 0.3 is 11.8 Å². The first kappa shape index (κ1) is 31.1. The van der Waals surface area contributed by atoms with Crippen LogP contribution >= 0.6 is 0 Å². The highest BCUT2D eigenvalue weighted by atomic mass is 19.1. The summed E-state index contributed by atoms with van der Waals surface area (Å²) >= 11 is 0. The van der Waals surface area contributed by atoms with Crippen molar-refractivity contribution in [1.82, 2.24) is 24.4 Å². The number of hydrogen-bond acceptors (Lipinski definition) is 8. The van der Waals surface area contributed by atoms with E-state index in [1.165, 1.54) is 10.6 Å². The zero-order valence-corrected chi connectivity index (χ0v) is 26.3. The molecule has 1 aliphatic rings. The smallest absolute Gasteiger partial charge is 0.410 e. The van der Waals surface area contributed by atoms with Gasteiger partial charge in [-0.25, -0.2) is 23.5 Å². The number of aromatic nitrogens is 4. The number of rotatable bonds is 5. The Hall–Kier alpha value is -4.38. The molecule has 232 valence electrons. The molecule has 1 saturated heterocycles. The molecule has 1 atom stereocenters. The van der Waals surface area contributed by atoms with Crippen LogP contribution in [0.2, 0.25) is 0 Å². The third kappa shape index (κ3) is 5.88. The fourth-order valence-electron chi connectivity index (χ4n) is 5.65. The molecule has 0 radical (unpaired) electrons. The molecule has 1 amide bonds. The van der Waals surface area contributed by atoms with Gasteiger partial charge in [-0.2, -0.15) is 4.98 Å². The summed E-state index contributed by atoms with van der Waals surface area (Å²) in [5, 5.41) is 10.3. The lowest BCUT2D eigenvalue weighted by atomic mass is 10.0. The van der Waals surface area contributed by atoms with Crippen molar-refractivity contribution in [2.45, 2.75) is 72.6 Å². The highest BCUT2D eigenvalue weighted by Crippen LogP contribution is 2.34. The molecule has 0 spiro atoms. The molecule has 1 N–H and O–H groups in total. The van der Waals surface area contributed by atoms with Crippen LogP contribution in [0.15, 0.2) is 47.4 Å². The second kappa shape index (κ2) is 12.0. The van der Waals surface area contributed by atoms with E-state index in [1.807, 2.05) is 59.4 Å². The van der Waals surface area contributed by atoms with Crippen LogP contribution in [0.5, 0.6) is 0 Å². The maximum Gasteiger partial charge on any atom is 0.410 e. The van der Waals surface area contributed by atoms with Gasteiger partial charge in [0.25, 0.3) is 0 Å². The first-order chi connectivity index (χ1) is 20.8. The van der Waals surface area contributed by atoms with Crippen molar-refractivity contribution >= 4 is 22.9 Å². The summed E-state index contributed by atoms with van der Waals surface area (Å²) < 4.78 is 23.0. The van der Waals surface area contributed by atoms with Gasteiger partial charge in [-0.3, -0.25) is 4.98 Å². The van der Waals surface area contributed by atoms with Gasteiger partial charge in [0.15, 0.2) is 5.65 Å². The Morgan fingerprint density at radius 3 is 2.55 bits per heavy atom. The number of hydrogen-bond donors (Lipinski definition) is 1. The van der Waals surface area contributed by atoms with Gasteiger partial charge in [-0.15, -0.1) is 0 Å². The van der Waals surface area contributed by atoms with Gasteiger partial charge in [-0.05, 0) is 63.8 Å². The Morgan fingerprint density at radius 2 is 1.89 bits per heavy atom. The number of benzene rings is 1. The highest BCUT2D eigenvalue weighted by Gasteiger charge is 2.33. The van der Waals surface area contributed by atoms with Gasteiger partial charge in [0.05, 0.1) is 23.4 Å². The van der Waals surface area contributed by atoms with Crippen LogP contribution in [0.3, 0.4) is 0 Å². The van der Waals surface area contributed by atoms with E-state index >= 15 is 4.39 Å². The molecule has 0 saturated carbocycles. The number of ether oxygens (including phenoxy) is 1. The normalized spacial score (nSPS) is 15.7. The lowest BCUT2D eigenvalue weighted by Crippen LogP contribution is -2.55. The molecule has 5 rings (SSSR count). The van der Waals surface area contributed by atoms with Crippen LogP contribution in [0.4, 0.5) is 15.0 Å². The number of nitrogens with zero attached hydrogens (tertiary/aromatic N) is 6. The highest BCUT2D eigenvalue weighted by molar-refractivity contribution is 5.91. The number of aliphatic hydroxyl groups is 1. The Bertz CT molecular complexity index is 1780. The zero-order chi connectivity index (χ0) is 31.9. The second-order valence-corrected chi connectivity index (χ2v) is 12.5. The quantitative estimate of drug-likeness (QED) is 0.325. The van der Waals surface area contributed by atoms with E-state index in [1.54, 1.807) is 35.4 Å². The van der Waals surface area contributed by atoms with Crippen LogP contribution in [-0.2, 0) is 11.3 Å². The minimum atomic E-state index is -0.630. The molecular weight excluding hydrogens is 563 g/mol. The van der Waals surface area contributed by atoms with E-state index < -0.39 is 23.2 Å². The average Bonchev–Trinajstić information content (AvgIpc) is 2.96. The molecule has 0 bridgehead atoms. The number of halogens is 1. The van der Waals surface area contributed by atoms with Crippen molar-refractivity contribution in [3.8, 4) is 16.9 Å². The van der Waals surface area contributed by atoms with E-state index in [4.69, 9.17) is 9.72 Å². The fourth-order valence-corrected chi connectivity index (χ4v) is 5.65. The van der Waals surface area contributed by atoms with Crippen molar-refractivity contribution < 1.29 is 19.0 Å². The summed E-state index contributed by atoms with van der Waals surface area (Å²) in [4.78, 5) is 44.3. The molecular formula is C33H39FN6O4. The summed E-state index contributed by atoms with van der Waals surface area (Å²) in [6.45, 7) is 14.0. The van der Waals surface area contributed by atoms with Crippen molar-refractivity contribution in [3.63, 3.8) is 0 Å². The molecule has 4 heterocycles. The molecule has 1 aromatic carbocycles. The Balaban J connectivity index is 1.73. The number of carbonyl (C=O) groups excluding carboxylic acids is 1. The molecule has 1 aliphatic heterocycles. The molecule has 4 aromatic rings. The summed E-state index contributed by atoms with van der Waals surface area (Å²) in [7, 11) is 0. The van der Waals surface area contributed by atoms with Crippen LogP contribution < -0.4 is 10.6 Å². The van der Waals surface area contributed by atoms with Gasteiger partial charge in [-0.1, -0.05) is 38.1 Å². The molecule has 10 nitrogen and oxygen atoms in total. The number of pyridine rings is 2. The third-order valence-electron chi connectivity index (χ3n) is 7.72. The molecule has 44 heavy (non-hydrogen) atoms. The Morgan fingerprint density at radius 1 is 1.16 bits per heavy atom. The summed E-state index contributed by atoms with van der Waals surface area (Å²) in [6.07, 6.45) is 1.29. The predicted octanol–water partition coefficient (Wildman–Crippen LogP) is 5.35. The molecule has 11 heteroatoms. The van der Waals surface area contributed by atoms with Gasteiger partial charge in [0.1, 0.15) is 22.9 Å². The van der Waals surface area contributed by atoms with Crippen LogP contribution in [0.1, 0.15) is 64.3 Å². The molecule has 0 unspecified atom stereocenters. The number of amides is 1. The van der Waals surface area contributed by atoms with E-state index in [0.717, 1.165) is 5.56 Å². The lowest BCUT2D eigenvalue weighted by molar-refractivity contribution is 0.0218. The van der Waals surface area contributed by atoms with Crippen molar-refractivity contribution in [1.29, 1.82) is 0 Å². The predicted molar refractivity (Wildman–Crippen MR) is 168 cm³/mol. The van der Waals surface area contributed by atoms with E-state index in [-0.39, 0.29) is 29.9 Å². The number of carbonyl (C=O) groups is 1. The number of aliphatic hydroxyl groups excluding tert-OH is 1. The lowest BCUT2D eigenvalue weighted by Gasteiger charge is -2.41. The summed E-state index contributed by atoms with van der Waals surface area (Å²) in [6, 6.07) is 9.83. The first-order valence-corrected chi connectivity index (χ1v) is 14.8. The van der Waals surface area contributed by atoms with Crippen LogP contribution in [0.25, 0.3) is 28.0 Å². The standard InChI is InChI=1S/C33H39FN6O4/c1-19(2)26-28(20(3)12-13-35-26)40-30-24(16-25(34)27(36-30)23-11-9-8-10-22(23)18-41)29(37-31(40)42)39-15-14-38(17-21(39)4)32(43)44-33(5,6)7/h8-13,16,19,21,41H,14-15,17-18H2,1-7H3/t21-/m0/s1. The number of aryl methyl sites for hydroxylation is 1. The first-order valence-electron chi connectivity index (χ1n) is 14.8. The van der Waals surface area contributed by atoms with E-state index in [9.17, 15) is 14.7 Å². The number of anilines is 1. The number of fused-ring (bicyclic) bond motifs is 1. The molecule has 3 aromatic heterocycles. The maximum absolute atomic E-state index is 16.1. The molecule has 1 fully saturated rings. The minimum absolute atomic E-state index is 0.0166. The van der Waals surface area contributed by atoms with Crippen LogP contribution in [-0.4, -0.2) is 66.9 Å². The minimum Gasteiger partial charge on any atom is -0.444 e. The maximum atomic E-state index is 16.1. The Labute approximate surface area is 256 Å². The summed E-state index contributed by atoms with van der Waals surface area (Å²) in [5.74, 6) is -0.347. The topological polar surface area (TPSA) is 114 Å². The number of piperazine rings is 1. The van der Waals surface area contributed by atoms with Gasteiger partial charge in [0.2, 0.25) is 0 Å².